The molecular weight excluding hydrogens is 156 g/mol. The van der Waals surface area contributed by atoms with E-state index in [-0.39, 0.29) is 0 Å². The van der Waals surface area contributed by atoms with Gasteiger partial charge >= 0.3 is 0 Å². The summed E-state index contributed by atoms with van der Waals surface area (Å²) in [4.78, 5) is 1.20. The predicted octanol–water partition coefficient (Wildman–Crippen LogP) is 2.05. The van der Waals surface area contributed by atoms with Crippen LogP contribution < -0.4 is 0 Å². The van der Waals surface area contributed by atoms with Crippen LogP contribution in [0.2, 0.25) is 0 Å². The summed E-state index contributed by atoms with van der Waals surface area (Å²) in [5.41, 5.74) is 2.37. The Morgan fingerprint density at radius 2 is 2.45 bits per heavy atom. The molecule has 0 amide bonds. The largest absolute Gasteiger partial charge is 0.142 e. The molecule has 1 heterocycles. The predicted molar refractivity (Wildman–Crippen MR) is 46.4 cm³/mol. The van der Waals surface area contributed by atoms with Gasteiger partial charge < -0.3 is 0 Å². The van der Waals surface area contributed by atoms with Gasteiger partial charge in [-0.25, -0.2) is 0 Å². The van der Waals surface area contributed by atoms with Crippen LogP contribution in [-0.4, -0.2) is 9.59 Å². The second-order valence-electron chi connectivity index (χ2n) is 2.58. The average Bonchev–Trinajstić information content (AvgIpc) is 2.31. The van der Waals surface area contributed by atoms with E-state index in [0.29, 0.717) is 0 Å². The molecule has 11 heavy (non-hydrogen) atoms. The van der Waals surface area contributed by atoms with E-state index in [1.807, 2.05) is 0 Å². The summed E-state index contributed by atoms with van der Waals surface area (Å²) in [6.07, 6.45) is 7.29. The standard InChI is InChI=1S/C8H8N2S/c1-6-3-2-4-7-8(5-6)11-10-9-7/h2-3,5H,4H2,1H3. The first-order valence-corrected chi connectivity index (χ1v) is 4.29. The van der Waals surface area contributed by atoms with E-state index in [1.165, 1.54) is 22.0 Å². The van der Waals surface area contributed by atoms with E-state index in [0.717, 1.165) is 12.1 Å². The molecule has 0 radical (unpaired) electrons. The number of hydrogen-bond acceptors (Lipinski definition) is 3. The van der Waals surface area contributed by atoms with Crippen LogP contribution in [0.5, 0.6) is 0 Å². The first kappa shape index (κ1) is 6.73. The second kappa shape index (κ2) is 2.58. The molecule has 1 aromatic heterocycles. The molecule has 0 atom stereocenters. The lowest BCUT2D eigenvalue weighted by atomic mass is 10.3. The van der Waals surface area contributed by atoms with E-state index >= 15 is 0 Å². The van der Waals surface area contributed by atoms with Crippen molar-refractivity contribution < 1.29 is 0 Å². The third-order valence-electron chi connectivity index (χ3n) is 1.64. The summed E-state index contributed by atoms with van der Waals surface area (Å²) in [6.45, 7) is 2.09. The number of allylic oxidation sites excluding steroid dienone is 3. The van der Waals surface area contributed by atoms with Gasteiger partial charge in [0.05, 0.1) is 10.6 Å². The minimum Gasteiger partial charge on any atom is -0.142 e. The Kier molecular flexibility index (Phi) is 1.58. The highest BCUT2D eigenvalue weighted by molar-refractivity contribution is 7.06. The molecule has 0 saturated heterocycles. The molecule has 0 bridgehead atoms. The topological polar surface area (TPSA) is 25.8 Å². The first-order chi connectivity index (χ1) is 5.36. The van der Waals surface area contributed by atoms with Crippen LogP contribution >= 0.6 is 11.5 Å². The summed E-state index contributed by atoms with van der Waals surface area (Å²) >= 11 is 1.46. The van der Waals surface area contributed by atoms with Crippen molar-refractivity contribution in [1.29, 1.82) is 0 Å². The highest BCUT2D eigenvalue weighted by atomic mass is 32.1. The Labute approximate surface area is 69.4 Å². The molecule has 0 aliphatic heterocycles. The molecule has 0 aromatic carbocycles. The minimum atomic E-state index is 0.916. The van der Waals surface area contributed by atoms with Gasteiger partial charge in [-0.05, 0) is 30.1 Å². The van der Waals surface area contributed by atoms with Gasteiger partial charge in [0.1, 0.15) is 0 Å². The van der Waals surface area contributed by atoms with Crippen LogP contribution in [-0.2, 0) is 6.42 Å². The van der Waals surface area contributed by atoms with Gasteiger partial charge in [0, 0.05) is 6.42 Å². The fraction of sp³-hybridized carbons (Fsp3) is 0.250. The zero-order valence-corrected chi connectivity index (χ0v) is 7.06. The second-order valence-corrected chi connectivity index (χ2v) is 3.36. The quantitative estimate of drug-likeness (QED) is 0.586. The van der Waals surface area contributed by atoms with Crippen molar-refractivity contribution in [2.75, 3.05) is 0 Å². The van der Waals surface area contributed by atoms with Gasteiger partial charge in [-0.2, -0.15) is 0 Å². The number of aromatic nitrogens is 2. The monoisotopic (exact) mass is 164 g/mol. The maximum Gasteiger partial charge on any atom is 0.0866 e. The molecule has 56 valence electrons. The third-order valence-corrected chi connectivity index (χ3v) is 2.35. The van der Waals surface area contributed by atoms with Crippen molar-refractivity contribution in [1.82, 2.24) is 9.59 Å². The van der Waals surface area contributed by atoms with Gasteiger partial charge in [0.25, 0.3) is 0 Å². The van der Waals surface area contributed by atoms with Gasteiger partial charge in [-0.3, -0.25) is 0 Å². The van der Waals surface area contributed by atoms with E-state index in [2.05, 4.69) is 34.7 Å². The van der Waals surface area contributed by atoms with Crippen molar-refractivity contribution in [3.63, 3.8) is 0 Å². The summed E-state index contributed by atoms with van der Waals surface area (Å²) < 4.78 is 3.89. The zero-order chi connectivity index (χ0) is 7.68. The van der Waals surface area contributed by atoms with Gasteiger partial charge in [0.2, 0.25) is 0 Å². The van der Waals surface area contributed by atoms with Gasteiger partial charge in [-0.1, -0.05) is 16.6 Å². The molecule has 0 spiro atoms. The SMILES string of the molecule is CC1=Cc2snnc2CC=C1. The minimum absolute atomic E-state index is 0.916. The van der Waals surface area contributed by atoms with Crippen LogP contribution in [0.1, 0.15) is 17.5 Å². The lowest BCUT2D eigenvalue weighted by molar-refractivity contribution is 1.04. The van der Waals surface area contributed by atoms with Crippen molar-refractivity contribution >= 4 is 17.6 Å². The number of fused-ring (bicyclic) bond motifs is 1. The van der Waals surface area contributed by atoms with Crippen LogP contribution in [0, 0.1) is 0 Å². The normalized spacial score (nSPS) is 15.5. The fourth-order valence-corrected chi connectivity index (χ4v) is 1.77. The van der Waals surface area contributed by atoms with Crippen LogP contribution in [0.3, 0.4) is 0 Å². The Hall–Kier alpha value is -0.960. The molecule has 1 aromatic rings. The molecule has 0 unspecified atom stereocenters. The molecule has 1 aliphatic rings. The van der Waals surface area contributed by atoms with E-state index in [9.17, 15) is 0 Å². The molecule has 0 N–H and O–H groups in total. The molecule has 0 saturated carbocycles. The van der Waals surface area contributed by atoms with Crippen LogP contribution in [0.4, 0.5) is 0 Å². The molecule has 2 rings (SSSR count). The van der Waals surface area contributed by atoms with Crippen LogP contribution in [0.15, 0.2) is 17.7 Å². The van der Waals surface area contributed by atoms with Crippen molar-refractivity contribution in [2.45, 2.75) is 13.3 Å². The van der Waals surface area contributed by atoms with E-state index in [4.69, 9.17) is 0 Å². The zero-order valence-electron chi connectivity index (χ0n) is 6.24. The number of rotatable bonds is 0. The number of nitrogens with zero attached hydrogens (tertiary/aromatic N) is 2. The summed E-state index contributed by atoms with van der Waals surface area (Å²) in [5, 5.41) is 4.02. The highest BCUT2D eigenvalue weighted by Crippen LogP contribution is 2.19. The Balaban J connectivity index is 2.52. The van der Waals surface area contributed by atoms with Crippen molar-refractivity contribution in [3.8, 4) is 0 Å². The van der Waals surface area contributed by atoms with Crippen LogP contribution in [0.25, 0.3) is 6.08 Å². The lowest BCUT2D eigenvalue weighted by Crippen LogP contribution is -1.81. The van der Waals surface area contributed by atoms with Crippen molar-refractivity contribution in [2.24, 2.45) is 0 Å². The summed E-state index contributed by atoms with van der Waals surface area (Å²) in [7, 11) is 0. The van der Waals surface area contributed by atoms with E-state index < -0.39 is 0 Å². The Bertz CT molecular complexity index is 323. The maximum absolute atomic E-state index is 4.02. The molecule has 1 aliphatic carbocycles. The smallest absolute Gasteiger partial charge is 0.0866 e. The summed E-state index contributed by atoms with van der Waals surface area (Å²) in [5.74, 6) is 0. The maximum atomic E-state index is 4.02. The highest BCUT2D eigenvalue weighted by Gasteiger charge is 2.05. The molecule has 0 fully saturated rings. The van der Waals surface area contributed by atoms with Crippen molar-refractivity contribution in [3.05, 3.63) is 28.3 Å². The Morgan fingerprint density at radius 1 is 1.55 bits per heavy atom. The molecule has 2 nitrogen and oxygen atoms in total. The first-order valence-electron chi connectivity index (χ1n) is 3.52. The lowest BCUT2D eigenvalue weighted by Gasteiger charge is -1.86. The molecular formula is C8H8N2S. The summed E-state index contributed by atoms with van der Waals surface area (Å²) in [6, 6.07) is 0. The number of hydrogen-bond donors (Lipinski definition) is 0. The van der Waals surface area contributed by atoms with Gasteiger partial charge in [-0.15, -0.1) is 5.10 Å². The third kappa shape index (κ3) is 1.24. The fourth-order valence-electron chi connectivity index (χ4n) is 1.08. The van der Waals surface area contributed by atoms with E-state index in [1.54, 1.807) is 0 Å². The average molecular weight is 164 g/mol. The van der Waals surface area contributed by atoms with Gasteiger partial charge in [0.15, 0.2) is 0 Å². The molecule has 3 heteroatoms. The Morgan fingerprint density at radius 3 is 3.36 bits per heavy atom.